The van der Waals surface area contributed by atoms with Crippen LogP contribution in [0.4, 0.5) is 5.82 Å². The first-order chi connectivity index (χ1) is 7.91. The highest BCUT2D eigenvalue weighted by Crippen LogP contribution is 2.21. The number of hydrogen-bond donors (Lipinski definition) is 2. The first-order valence-corrected chi connectivity index (χ1v) is 6.26. The van der Waals surface area contributed by atoms with Crippen LogP contribution < -0.4 is 5.32 Å². The van der Waals surface area contributed by atoms with E-state index in [0.29, 0.717) is 30.4 Å². The zero-order chi connectivity index (χ0) is 13.1. The van der Waals surface area contributed by atoms with Gasteiger partial charge in [0.15, 0.2) is 11.0 Å². The van der Waals surface area contributed by atoms with Crippen molar-refractivity contribution in [2.45, 2.75) is 46.1 Å². The molecule has 0 aromatic carbocycles. The molecule has 0 aliphatic heterocycles. The lowest BCUT2D eigenvalue weighted by atomic mass is 9.98. The van der Waals surface area contributed by atoms with Crippen molar-refractivity contribution in [3.05, 3.63) is 16.5 Å². The molecule has 0 amide bonds. The van der Waals surface area contributed by atoms with E-state index in [0.717, 1.165) is 11.4 Å². The Morgan fingerprint density at radius 2 is 1.71 bits per heavy atom. The van der Waals surface area contributed by atoms with Crippen molar-refractivity contribution in [3.8, 4) is 0 Å². The smallest absolute Gasteiger partial charge is 0.171 e. The van der Waals surface area contributed by atoms with Crippen LogP contribution in [0.15, 0.2) is 0 Å². The molecule has 1 aromatic rings. The van der Waals surface area contributed by atoms with Gasteiger partial charge in [0.2, 0.25) is 0 Å². The van der Waals surface area contributed by atoms with Gasteiger partial charge >= 0.3 is 0 Å². The fourth-order valence-corrected chi connectivity index (χ4v) is 1.67. The summed E-state index contributed by atoms with van der Waals surface area (Å²) in [5.41, 5.74) is 0.944. The van der Waals surface area contributed by atoms with Crippen LogP contribution in [0.5, 0.6) is 0 Å². The lowest BCUT2D eigenvalue weighted by Gasteiger charge is -2.25. The highest BCUT2D eigenvalue weighted by atomic mass is 35.5. The largest absolute Gasteiger partial charge is 0.388 e. The van der Waals surface area contributed by atoms with E-state index in [1.807, 2.05) is 27.7 Å². The molecule has 2 N–H and O–H groups in total. The van der Waals surface area contributed by atoms with Gasteiger partial charge in [-0.15, -0.1) is 0 Å². The molecule has 0 aliphatic rings. The van der Waals surface area contributed by atoms with Crippen LogP contribution in [0.1, 0.15) is 38.1 Å². The van der Waals surface area contributed by atoms with Gasteiger partial charge in [0.05, 0.1) is 17.0 Å². The summed E-state index contributed by atoms with van der Waals surface area (Å²) in [6.45, 7) is 8.09. The summed E-state index contributed by atoms with van der Waals surface area (Å²) in [4.78, 5) is 8.51. The van der Waals surface area contributed by atoms with Gasteiger partial charge in [-0.25, -0.2) is 9.97 Å². The van der Waals surface area contributed by atoms with E-state index in [1.54, 1.807) is 0 Å². The molecular formula is C12H20ClN3O. The summed E-state index contributed by atoms with van der Waals surface area (Å²) in [7, 11) is 0. The van der Waals surface area contributed by atoms with E-state index in [1.165, 1.54) is 0 Å². The third-order valence-corrected chi connectivity index (χ3v) is 3.43. The van der Waals surface area contributed by atoms with E-state index in [9.17, 15) is 5.11 Å². The Bertz CT molecular complexity index is 392. The van der Waals surface area contributed by atoms with Crippen LogP contribution in [-0.2, 0) is 0 Å². The Labute approximate surface area is 107 Å². The molecule has 17 heavy (non-hydrogen) atoms. The second-order valence-corrected chi connectivity index (χ2v) is 4.68. The third kappa shape index (κ3) is 3.54. The Morgan fingerprint density at radius 3 is 2.24 bits per heavy atom. The lowest BCUT2D eigenvalue weighted by molar-refractivity contribution is 0.0456. The molecule has 4 nitrogen and oxygen atoms in total. The fraction of sp³-hybridized carbons (Fsp3) is 0.667. The van der Waals surface area contributed by atoms with Crippen molar-refractivity contribution < 1.29 is 5.11 Å². The van der Waals surface area contributed by atoms with Crippen LogP contribution in [-0.4, -0.2) is 27.2 Å². The number of aromatic nitrogens is 2. The van der Waals surface area contributed by atoms with Crippen LogP contribution in [0.2, 0.25) is 5.15 Å². The van der Waals surface area contributed by atoms with Gasteiger partial charge in [-0.3, -0.25) is 0 Å². The highest BCUT2D eigenvalue weighted by molar-refractivity contribution is 6.31. The van der Waals surface area contributed by atoms with Crippen molar-refractivity contribution in [2.24, 2.45) is 0 Å². The maximum atomic E-state index is 10.2. The van der Waals surface area contributed by atoms with E-state index < -0.39 is 5.60 Å². The fourth-order valence-electron chi connectivity index (χ4n) is 1.44. The lowest BCUT2D eigenvalue weighted by Crippen LogP contribution is -2.35. The predicted molar refractivity (Wildman–Crippen MR) is 70.5 cm³/mol. The predicted octanol–water partition coefficient (Wildman–Crippen LogP) is 2.71. The molecule has 0 saturated carbocycles. The van der Waals surface area contributed by atoms with Crippen molar-refractivity contribution in [3.63, 3.8) is 0 Å². The minimum atomic E-state index is -0.718. The molecule has 1 rings (SSSR count). The van der Waals surface area contributed by atoms with Gasteiger partial charge in [-0.2, -0.15) is 0 Å². The molecule has 0 radical (unpaired) electrons. The standard InChI is InChI=1S/C12H20ClN3O/c1-5-12(17,6-2)7-14-11-10(13)15-8(3)9(4)16-11/h17H,5-7H2,1-4H3,(H,14,16). The Kier molecular flexibility index (Phi) is 4.71. The van der Waals surface area contributed by atoms with Crippen LogP contribution >= 0.6 is 11.6 Å². The summed E-state index contributed by atoms with van der Waals surface area (Å²) in [5.74, 6) is 0.537. The molecule has 0 bridgehead atoms. The van der Waals surface area contributed by atoms with Gasteiger partial charge in [0, 0.05) is 6.54 Å². The topological polar surface area (TPSA) is 58.0 Å². The molecule has 0 aliphatic carbocycles. The van der Waals surface area contributed by atoms with Gasteiger partial charge in [-0.05, 0) is 26.7 Å². The molecule has 0 unspecified atom stereocenters. The number of anilines is 1. The molecule has 0 saturated heterocycles. The monoisotopic (exact) mass is 257 g/mol. The number of hydrogen-bond acceptors (Lipinski definition) is 4. The zero-order valence-corrected chi connectivity index (χ0v) is 11.6. The Morgan fingerprint density at radius 1 is 1.18 bits per heavy atom. The van der Waals surface area contributed by atoms with Gasteiger partial charge in [0.25, 0.3) is 0 Å². The molecule has 1 heterocycles. The van der Waals surface area contributed by atoms with Crippen LogP contribution in [0.25, 0.3) is 0 Å². The first-order valence-electron chi connectivity index (χ1n) is 5.89. The number of rotatable bonds is 5. The third-order valence-electron chi connectivity index (χ3n) is 3.17. The van der Waals surface area contributed by atoms with Gasteiger partial charge in [-0.1, -0.05) is 25.4 Å². The summed E-state index contributed by atoms with van der Waals surface area (Å²) < 4.78 is 0. The number of aliphatic hydroxyl groups is 1. The first kappa shape index (κ1) is 14.2. The molecular weight excluding hydrogens is 238 g/mol. The van der Waals surface area contributed by atoms with Gasteiger partial charge < -0.3 is 10.4 Å². The zero-order valence-electron chi connectivity index (χ0n) is 10.8. The van der Waals surface area contributed by atoms with Crippen molar-refractivity contribution in [1.82, 2.24) is 9.97 Å². The summed E-state index contributed by atoms with van der Waals surface area (Å²) in [6.07, 6.45) is 1.37. The summed E-state index contributed by atoms with van der Waals surface area (Å²) in [5, 5.41) is 13.6. The maximum Gasteiger partial charge on any atom is 0.171 e. The second-order valence-electron chi connectivity index (χ2n) is 4.32. The highest BCUT2D eigenvalue weighted by Gasteiger charge is 2.22. The van der Waals surface area contributed by atoms with Crippen molar-refractivity contribution >= 4 is 17.4 Å². The van der Waals surface area contributed by atoms with E-state index in [-0.39, 0.29) is 0 Å². The molecule has 0 spiro atoms. The van der Waals surface area contributed by atoms with E-state index >= 15 is 0 Å². The van der Waals surface area contributed by atoms with E-state index in [4.69, 9.17) is 11.6 Å². The quantitative estimate of drug-likeness (QED) is 0.852. The van der Waals surface area contributed by atoms with Crippen LogP contribution in [0.3, 0.4) is 0 Å². The van der Waals surface area contributed by atoms with Crippen molar-refractivity contribution in [2.75, 3.05) is 11.9 Å². The second kappa shape index (κ2) is 5.65. The van der Waals surface area contributed by atoms with Crippen molar-refractivity contribution in [1.29, 1.82) is 0 Å². The number of nitrogens with zero attached hydrogens (tertiary/aromatic N) is 2. The molecule has 0 fully saturated rings. The van der Waals surface area contributed by atoms with Gasteiger partial charge in [0.1, 0.15) is 0 Å². The summed E-state index contributed by atoms with van der Waals surface area (Å²) in [6, 6.07) is 0. The minimum absolute atomic E-state index is 0.350. The average Bonchev–Trinajstić information content (AvgIpc) is 2.32. The molecule has 1 aromatic heterocycles. The molecule has 5 heteroatoms. The SMILES string of the molecule is CCC(O)(CC)CNc1nc(C)c(C)nc1Cl. The molecule has 0 atom stereocenters. The average molecular weight is 258 g/mol. The number of halogens is 1. The minimum Gasteiger partial charge on any atom is -0.388 e. The maximum absolute atomic E-state index is 10.2. The number of aryl methyl sites for hydroxylation is 2. The van der Waals surface area contributed by atoms with E-state index in [2.05, 4.69) is 15.3 Å². The molecule has 96 valence electrons. The Balaban J connectivity index is 2.79. The number of nitrogens with one attached hydrogen (secondary N) is 1. The summed E-state index contributed by atoms with van der Waals surface area (Å²) >= 11 is 6.00. The normalized spacial score (nSPS) is 11.6. The van der Waals surface area contributed by atoms with Crippen LogP contribution in [0, 0.1) is 13.8 Å². The Hall–Kier alpha value is -0.870.